The minimum absolute atomic E-state index is 0.719. The van der Waals surface area contributed by atoms with Crippen LogP contribution in [0.3, 0.4) is 0 Å². The number of hydrogen-bond donors (Lipinski definition) is 1. The standard InChI is InChI=1S/C15H23NOS/c1-2-16-15-12-18-11-13(15)7-6-10-17-14-8-4-3-5-9-14/h3-5,8-9,13,15-16H,2,6-7,10-12H2,1H3. The first kappa shape index (κ1) is 13.8. The third-order valence-corrected chi connectivity index (χ3v) is 4.65. The Labute approximate surface area is 114 Å². The molecule has 2 rings (SSSR count). The summed E-state index contributed by atoms with van der Waals surface area (Å²) in [5.74, 6) is 4.40. The van der Waals surface area contributed by atoms with Crippen molar-refractivity contribution in [1.29, 1.82) is 0 Å². The molecule has 0 aromatic heterocycles. The molecule has 1 heterocycles. The van der Waals surface area contributed by atoms with E-state index in [0.717, 1.165) is 37.3 Å². The van der Waals surface area contributed by atoms with Gasteiger partial charge in [-0.1, -0.05) is 25.1 Å². The number of para-hydroxylation sites is 1. The van der Waals surface area contributed by atoms with Gasteiger partial charge in [-0.05, 0) is 43.2 Å². The Morgan fingerprint density at radius 3 is 2.89 bits per heavy atom. The van der Waals surface area contributed by atoms with Gasteiger partial charge in [-0.2, -0.15) is 11.8 Å². The monoisotopic (exact) mass is 265 g/mol. The van der Waals surface area contributed by atoms with E-state index in [-0.39, 0.29) is 0 Å². The lowest BCUT2D eigenvalue weighted by Gasteiger charge is -2.19. The zero-order valence-corrected chi connectivity index (χ0v) is 11.9. The van der Waals surface area contributed by atoms with E-state index in [1.54, 1.807) is 0 Å². The Hall–Kier alpha value is -0.670. The highest BCUT2D eigenvalue weighted by Crippen LogP contribution is 2.27. The van der Waals surface area contributed by atoms with Crippen LogP contribution in [0.2, 0.25) is 0 Å². The quantitative estimate of drug-likeness (QED) is 0.765. The van der Waals surface area contributed by atoms with Crippen molar-refractivity contribution in [3.63, 3.8) is 0 Å². The second-order valence-corrected chi connectivity index (χ2v) is 5.84. The molecule has 2 nitrogen and oxygen atoms in total. The highest BCUT2D eigenvalue weighted by atomic mass is 32.2. The molecule has 2 atom stereocenters. The summed E-state index contributed by atoms with van der Waals surface area (Å²) in [6.07, 6.45) is 2.43. The molecule has 1 aromatic rings. The number of benzene rings is 1. The van der Waals surface area contributed by atoms with Gasteiger partial charge in [0.05, 0.1) is 6.61 Å². The average molecular weight is 265 g/mol. The molecule has 100 valence electrons. The van der Waals surface area contributed by atoms with Crippen molar-refractivity contribution in [2.24, 2.45) is 5.92 Å². The molecule has 0 saturated carbocycles. The van der Waals surface area contributed by atoms with Gasteiger partial charge >= 0.3 is 0 Å². The van der Waals surface area contributed by atoms with Crippen molar-refractivity contribution in [3.05, 3.63) is 30.3 Å². The van der Waals surface area contributed by atoms with E-state index < -0.39 is 0 Å². The Kier molecular flexibility index (Phi) is 5.88. The summed E-state index contributed by atoms with van der Waals surface area (Å²) in [6, 6.07) is 10.8. The Morgan fingerprint density at radius 2 is 2.11 bits per heavy atom. The van der Waals surface area contributed by atoms with Crippen molar-refractivity contribution in [2.45, 2.75) is 25.8 Å². The third-order valence-electron chi connectivity index (χ3n) is 3.40. The second kappa shape index (κ2) is 7.70. The predicted octanol–water partition coefficient (Wildman–Crippen LogP) is 3.19. The fourth-order valence-electron chi connectivity index (χ4n) is 2.42. The zero-order chi connectivity index (χ0) is 12.6. The lowest BCUT2D eigenvalue weighted by molar-refractivity contribution is 0.286. The summed E-state index contributed by atoms with van der Waals surface area (Å²) in [5.41, 5.74) is 0. The molecule has 2 unspecified atom stereocenters. The first-order chi connectivity index (χ1) is 8.90. The molecule has 0 amide bonds. The van der Waals surface area contributed by atoms with Crippen molar-refractivity contribution in [1.82, 2.24) is 5.32 Å². The van der Waals surface area contributed by atoms with Crippen LogP contribution in [0.1, 0.15) is 19.8 Å². The van der Waals surface area contributed by atoms with Gasteiger partial charge < -0.3 is 10.1 Å². The van der Waals surface area contributed by atoms with Crippen molar-refractivity contribution >= 4 is 11.8 Å². The molecule has 0 aliphatic carbocycles. The van der Waals surface area contributed by atoms with Crippen molar-refractivity contribution in [2.75, 3.05) is 24.7 Å². The molecule has 18 heavy (non-hydrogen) atoms. The number of ether oxygens (including phenoxy) is 1. The summed E-state index contributed by atoms with van der Waals surface area (Å²) in [7, 11) is 0. The van der Waals surface area contributed by atoms with Crippen LogP contribution in [0, 0.1) is 5.92 Å². The molecule has 1 aliphatic rings. The zero-order valence-electron chi connectivity index (χ0n) is 11.1. The van der Waals surface area contributed by atoms with E-state index in [9.17, 15) is 0 Å². The highest BCUT2D eigenvalue weighted by molar-refractivity contribution is 7.99. The van der Waals surface area contributed by atoms with Gasteiger partial charge in [-0.15, -0.1) is 0 Å². The fourth-order valence-corrected chi connectivity index (χ4v) is 3.90. The number of thioether (sulfide) groups is 1. The first-order valence-corrected chi connectivity index (χ1v) is 8.04. The highest BCUT2D eigenvalue weighted by Gasteiger charge is 2.26. The molecule has 1 fully saturated rings. The third kappa shape index (κ3) is 4.21. The maximum absolute atomic E-state index is 5.73. The molecule has 0 spiro atoms. The Balaban J connectivity index is 1.63. The number of nitrogens with one attached hydrogen (secondary N) is 1. The van der Waals surface area contributed by atoms with Crippen LogP contribution in [-0.4, -0.2) is 30.7 Å². The minimum atomic E-state index is 0.719. The van der Waals surface area contributed by atoms with Crippen LogP contribution in [0.25, 0.3) is 0 Å². The lowest BCUT2D eigenvalue weighted by atomic mass is 9.98. The Morgan fingerprint density at radius 1 is 1.28 bits per heavy atom. The molecule has 1 aliphatic heterocycles. The average Bonchev–Trinajstić information content (AvgIpc) is 2.84. The fraction of sp³-hybridized carbons (Fsp3) is 0.600. The van der Waals surface area contributed by atoms with Crippen molar-refractivity contribution < 1.29 is 4.74 Å². The second-order valence-electron chi connectivity index (χ2n) is 4.77. The smallest absolute Gasteiger partial charge is 0.119 e. The predicted molar refractivity (Wildman–Crippen MR) is 79.5 cm³/mol. The minimum Gasteiger partial charge on any atom is -0.494 e. The molecular formula is C15H23NOS. The van der Waals surface area contributed by atoms with Gasteiger partial charge in [0.15, 0.2) is 0 Å². The summed E-state index contributed by atoms with van der Waals surface area (Å²) in [6.45, 7) is 4.12. The maximum Gasteiger partial charge on any atom is 0.119 e. The molecule has 0 radical (unpaired) electrons. The van der Waals surface area contributed by atoms with Crippen LogP contribution in [-0.2, 0) is 0 Å². The topological polar surface area (TPSA) is 21.3 Å². The van der Waals surface area contributed by atoms with E-state index in [1.807, 2.05) is 30.3 Å². The van der Waals surface area contributed by atoms with Gasteiger partial charge in [0.1, 0.15) is 5.75 Å². The summed E-state index contributed by atoms with van der Waals surface area (Å²) in [4.78, 5) is 0. The van der Waals surface area contributed by atoms with Crippen LogP contribution in [0.15, 0.2) is 30.3 Å². The summed E-state index contributed by atoms with van der Waals surface area (Å²) in [5, 5.41) is 3.59. The van der Waals surface area contributed by atoms with Gasteiger partial charge in [0, 0.05) is 11.8 Å². The van der Waals surface area contributed by atoms with Crippen LogP contribution in [0.5, 0.6) is 5.75 Å². The molecular weight excluding hydrogens is 242 g/mol. The molecule has 3 heteroatoms. The first-order valence-electron chi connectivity index (χ1n) is 6.89. The maximum atomic E-state index is 5.73. The van der Waals surface area contributed by atoms with Crippen molar-refractivity contribution in [3.8, 4) is 5.75 Å². The summed E-state index contributed by atoms with van der Waals surface area (Å²) < 4.78 is 5.73. The van der Waals surface area contributed by atoms with Crippen LogP contribution in [0.4, 0.5) is 0 Å². The SMILES string of the molecule is CCNC1CSCC1CCCOc1ccccc1. The normalized spacial score (nSPS) is 23.2. The van der Waals surface area contributed by atoms with E-state index in [2.05, 4.69) is 24.0 Å². The molecule has 1 saturated heterocycles. The summed E-state index contributed by atoms with van der Waals surface area (Å²) >= 11 is 2.08. The van der Waals surface area contributed by atoms with Crippen LogP contribution < -0.4 is 10.1 Å². The largest absolute Gasteiger partial charge is 0.494 e. The van der Waals surface area contributed by atoms with Gasteiger partial charge in [0.2, 0.25) is 0 Å². The Bertz CT molecular complexity index is 331. The van der Waals surface area contributed by atoms with Gasteiger partial charge in [0.25, 0.3) is 0 Å². The van der Waals surface area contributed by atoms with E-state index in [1.165, 1.54) is 17.9 Å². The van der Waals surface area contributed by atoms with E-state index in [0.29, 0.717) is 0 Å². The number of hydrogen-bond acceptors (Lipinski definition) is 3. The number of rotatable bonds is 7. The molecule has 1 aromatic carbocycles. The van der Waals surface area contributed by atoms with Gasteiger partial charge in [-0.25, -0.2) is 0 Å². The van der Waals surface area contributed by atoms with E-state index in [4.69, 9.17) is 4.74 Å². The van der Waals surface area contributed by atoms with Gasteiger partial charge in [-0.3, -0.25) is 0 Å². The van der Waals surface area contributed by atoms with E-state index >= 15 is 0 Å². The van der Waals surface area contributed by atoms with Crippen LogP contribution >= 0.6 is 11.8 Å². The molecule has 0 bridgehead atoms. The lowest BCUT2D eigenvalue weighted by Crippen LogP contribution is -2.35. The molecule has 1 N–H and O–H groups in total.